The Bertz CT molecular complexity index is 668. The standard InChI is InChI=1S/C16H23FN6/c1-21(2)11-14-19-20-15(22(14)3)12-6-5-9-23(10-12)16-13(17)7-4-8-18-16/h4,7-8,12H,5-6,9-11H2,1-3H3/t12-/m1/s1. The fourth-order valence-corrected chi connectivity index (χ4v) is 3.14. The van der Waals surface area contributed by atoms with Gasteiger partial charge in [-0.25, -0.2) is 9.37 Å². The van der Waals surface area contributed by atoms with Gasteiger partial charge in [-0.2, -0.15) is 0 Å². The molecule has 7 heteroatoms. The van der Waals surface area contributed by atoms with Crippen molar-refractivity contribution in [1.29, 1.82) is 0 Å². The number of rotatable bonds is 4. The summed E-state index contributed by atoms with van der Waals surface area (Å²) < 4.78 is 16.1. The van der Waals surface area contributed by atoms with E-state index in [1.807, 2.05) is 26.0 Å². The predicted molar refractivity (Wildman–Crippen MR) is 86.8 cm³/mol. The lowest BCUT2D eigenvalue weighted by Crippen LogP contribution is -2.36. The Kier molecular flexibility index (Phi) is 4.56. The van der Waals surface area contributed by atoms with Crippen LogP contribution in [-0.4, -0.2) is 51.8 Å². The molecular weight excluding hydrogens is 295 g/mol. The maximum atomic E-state index is 14.0. The van der Waals surface area contributed by atoms with E-state index in [0.717, 1.165) is 44.1 Å². The van der Waals surface area contributed by atoms with E-state index in [1.165, 1.54) is 6.07 Å². The van der Waals surface area contributed by atoms with Gasteiger partial charge in [-0.05, 0) is 39.1 Å². The Morgan fingerprint density at radius 2 is 2.17 bits per heavy atom. The molecule has 0 N–H and O–H groups in total. The van der Waals surface area contributed by atoms with E-state index < -0.39 is 0 Å². The fourth-order valence-electron chi connectivity index (χ4n) is 3.14. The first-order chi connectivity index (χ1) is 11.1. The minimum absolute atomic E-state index is 0.249. The van der Waals surface area contributed by atoms with Gasteiger partial charge in [0.25, 0.3) is 0 Å². The maximum absolute atomic E-state index is 14.0. The van der Waals surface area contributed by atoms with E-state index >= 15 is 0 Å². The van der Waals surface area contributed by atoms with Crippen molar-refractivity contribution < 1.29 is 4.39 Å². The second kappa shape index (κ2) is 6.62. The molecule has 2 aromatic rings. The van der Waals surface area contributed by atoms with Crippen LogP contribution in [0.5, 0.6) is 0 Å². The number of halogens is 1. The summed E-state index contributed by atoms with van der Waals surface area (Å²) >= 11 is 0. The van der Waals surface area contributed by atoms with Crippen LogP contribution in [0.25, 0.3) is 0 Å². The molecule has 1 atom stereocenters. The monoisotopic (exact) mass is 318 g/mol. The highest BCUT2D eigenvalue weighted by Crippen LogP contribution is 2.29. The molecule has 0 saturated carbocycles. The summed E-state index contributed by atoms with van der Waals surface area (Å²) in [4.78, 5) is 8.29. The molecular formula is C16H23FN6. The molecule has 0 unspecified atom stereocenters. The topological polar surface area (TPSA) is 50.1 Å². The molecule has 3 rings (SSSR count). The molecule has 1 aliphatic heterocycles. The van der Waals surface area contributed by atoms with Crippen LogP contribution < -0.4 is 4.90 Å². The highest BCUT2D eigenvalue weighted by Gasteiger charge is 2.27. The zero-order chi connectivity index (χ0) is 16.4. The normalized spacial score (nSPS) is 18.7. The van der Waals surface area contributed by atoms with Crippen LogP contribution in [0.1, 0.15) is 30.4 Å². The van der Waals surface area contributed by atoms with Crippen molar-refractivity contribution in [2.24, 2.45) is 7.05 Å². The van der Waals surface area contributed by atoms with Crippen molar-refractivity contribution in [2.45, 2.75) is 25.3 Å². The Morgan fingerprint density at radius 3 is 2.91 bits per heavy atom. The molecule has 0 spiro atoms. The summed E-state index contributed by atoms with van der Waals surface area (Å²) in [5, 5.41) is 8.70. The van der Waals surface area contributed by atoms with Crippen LogP contribution in [0.2, 0.25) is 0 Å². The van der Waals surface area contributed by atoms with Crippen LogP contribution in [0, 0.1) is 5.82 Å². The quantitative estimate of drug-likeness (QED) is 0.860. The Balaban J connectivity index is 1.79. The van der Waals surface area contributed by atoms with Gasteiger partial charge in [0.05, 0.1) is 6.54 Å². The molecule has 0 radical (unpaired) electrons. The summed E-state index contributed by atoms with van der Waals surface area (Å²) in [7, 11) is 6.04. The first-order valence-corrected chi connectivity index (χ1v) is 7.94. The smallest absolute Gasteiger partial charge is 0.165 e. The number of aromatic nitrogens is 4. The Hall–Kier alpha value is -2.02. The first-order valence-electron chi connectivity index (χ1n) is 7.94. The van der Waals surface area contributed by atoms with Gasteiger partial charge < -0.3 is 14.4 Å². The third-order valence-electron chi connectivity index (χ3n) is 4.28. The summed E-state index contributed by atoms with van der Waals surface area (Å²) in [5.74, 6) is 2.35. The number of piperidine rings is 1. The number of hydrogen-bond donors (Lipinski definition) is 0. The fraction of sp³-hybridized carbons (Fsp3) is 0.562. The average Bonchev–Trinajstić information content (AvgIpc) is 2.88. The van der Waals surface area contributed by atoms with Crippen molar-refractivity contribution >= 4 is 5.82 Å². The van der Waals surface area contributed by atoms with Gasteiger partial charge in [0.2, 0.25) is 0 Å². The molecule has 124 valence electrons. The SMILES string of the molecule is CN(C)Cc1nnc([C@@H]2CCCN(c3ncccc3F)C2)n1C. The average molecular weight is 318 g/mol. The van der Waals surface area contributed by atoms with Crippen molar-refractivity contribution in [3.05, 3.63) is 35.8 Å². The van der Waals surface area contributed by atoms with Crippen LogP contribution in [-0.2, 0) is 13.6 Å². The molecule has 2 aromatic heterocycles. The second-order valence-electron chi connectivity index (χ2n) is 6.37. The number of nitrogens with zero attached hydrogens (tertiary/aromatic N) is 6. The van der Waals surface area contributed by atoms with Crippen molar-refractivity contribution in [3.63, 3.8) is 0 Å². The van der Waals surface area contributed by atoms with Gasteiger partial charge in [0, 0.05) is 32.3 Å². The first kappa shape index (κ1) is 15.9. The number of anilines is 1. The van der Waals surface area contributed by atoms with Crippen LogP contribution in [0.4, 0.5) is 10.2 Å². The molecule has 23 heavy (non-hydrogen) atoms. The van der Waals surface area contributed by atoms with Gasteiger partial charge >= 0.3 is 0 Å². The molecule has 0 amide bonds. The highest BCUT2D eigenvalue weighted by atomic mass is 19.1. The van der Waals surface area contributed by atoms with Gasteiger partial charge in [-0.15, -0.1) is 10.2 Å². The zero-order valence-electron chi connectivity index (χ0n) is 13.9. The highest BCUT2D eigenvalue weighted by molar-refractivity contribution is 5.40. The Morgan fingerprint density at radius 1 is 1.35 bits per heavy atom. The van der Waals surface area contributed by atoms with E-state index in [0.29, 0.717) is 5.82 Å². The van der Waals surface area contributed by atoms with E-state index in [2.05, 4.69) is 24.6 Å². The molecule has 3 heterocycles. The minimum Gasteiger partial charge on any atom is -0.353 e. The summed E-state index contributed by atoms with van der Waals surface area (Å²) in [6.07, 6.45) is 3.68. The van der Waals surface area contributed by atoms with Crippen LogP contribution in [0.3, 0.4) is 0 Å². The maximum Gasteiger partial charge on any atom is 0.165 e. The van der Waals surface area contributed by atoms with E-state index in [-0.39, 0.29) is 11.7 Å². The molecule has 0 aromatic carbocycles. The van der Waals surface area contributed by atoms with Crippen molar-refractivity contribution in [1.82, 2.24) is 24.6 Å². The molecule has 1 fully saturated rings. The lowest BCUT2D eigenvalue weighted by atomic mass is 9.97. The number of pyridine rings is 1. The molecule has 0 aliphatic carbocycles. The van der Waals surface area contributed by atoms with Crippen LogP contribution in [0.15, 0.2) is 18.3 Å². The second-order valence-corrected chi connectivity index (χ2v) is 6.37. The zero-order valence-corrected chi connectivity index (χ0v) is 13.9. The van der Waals surface area contributed by atoms with Gasteiger partial charge in [0.1, 0.15) is 11.6 Å². The summed E-state index contributed by atoms with van der Waals surface area (Å²) in [6.45, 7) is 2.31. The summed E-state index contributed by atoms with van der Waals surface area (Å²) in [6, 6.07) is 3.08. The molecule has 1 aliphatic rings. The lowest BCUT2D eigenvalue weighted by Gasteiger charge is -2.33. The van der Waals surface area contributed by atoms with Gasteiger partial charge in [-0.1, -0.05) is 0 Å². The lowest BCUT2D eigenvalue weighted by molar-refractivity contribution is 0.382. The number of hydrogen-bond acceptors (Lipinski definition) is 5. The predicted octanol–water partition coefficient (Wildman–Crippen LogP) is 1.79. The van der Waals surface area contributed by atoms with E-state index in [9.17, 15) is 4.39 Å². The van der Waals surface area contributed by atoms with E-state index in [1.54, 1.807) is 12.3 Å². The van der Waals surface area contributed by atoms with Gasteiger partial charge in [-0.3, -0.25) is 0 Å². The molecule has 1 saturated heterocycles. The molecule has 6 nitrogen and oxygen atoms in total. The minimum atomic E-state index is -0.264. The largest absolute Gasteiger partial charge is 0.353 e. The third kappa shape index (κ3) is 3.34. The Labute approximate surface area is 135 Å². The van der Waals surface area contributed by atoms with Crippen molar-refractivity contribution in [2.75, 3.05) is 32.1 Å². The van der Waals surface area contributed by atoms with Crippen LogP contribution >= 0.6 is 0 Å². The third-order valence-corrected chi connectivity index (χ3v) is 4.28. The van der Waals surface area contributed by atoms with Gasteiger partial charge in [0.15, 0.2) is 11.6 Å². The van der Waals surface area contributed by atoms with E-state index in [4.69, 9.17) is 0 Å². The van der Waals surface area contributed by atoms with Crippen molar-refractivity contribution in [3.8, 4) is 0 Å². The summed E-state index contributed by atoms with van der Waals surface area (Å²) in [5.41, 5.74) is 0. The molecule has 0 bridgehead atoms.